The molecule has 4 heteroatoms. The minimum absolute atomic E-state index is 0.0594. The Morgan fingerprint density at radius 2 is 2.32 bits per heavy atom. The number of rotatable bonds is 3. The second kappa shape index (κ2) is 5.25. The molecule has 2 saturated heterocycles. The van der Waals surface area contributed by atoms with Gasteiger partial charge < -0.3 is 10.6 Å². The SMILES string of the molecule is C[C@H](NC(=O)C1CC2CCC1N2)c1cccc(Br)c1. The Morgan fingerprint density at radius 1 is 1.47 bits per heavy atom. The van der Waals surface area contributed by atoms with Crippen LogP contribution in [0.2, 0.25) is 0 Å². The van der Waals surface area contributed by atoms with Gasteiger partial charge in [0.15, 0.2) is 0 Å². The van der Waals surface area contributed by atoms with Crippen molar-refractivity contribution in [1.82, 2.24) is 10.6 Å². The third kappa shape index (κ3) is 2.70. The van der Waals surface area contributed by atoms with Crippen LogP contribution in [0.25, 0.3) is 0 Å². The van der Waals surface area contributed by atoms with E-state index in [1.165, 1.54) is 6.42 Å². The van der Waals surface area contributed by atoms with Gasteiger partial charge in [-0.15, -0.1) is 0 Å². The van der Waals surface area contributed by atoms with Crippen LogP contribution in [-0.2, 0) is 4.79 Å². The topological polar surface area (TPSA) is 41.1 Å². The van der Waals surface area contributed by atoms with Crippen LogP contribution >= 0.6 is 15.9 Å². The van der Waals surface area contributed by atoms with Gasteiger partial charge in [-0.25, -0.2) is 0 Å². The summed E-state index contributed by atoms with van der Waals surface area (Å²) in [6.07, 6.45) is 3.38. The molecule has 0 saturated carbocycles. The van der Waals surface area contributed by atoms with E-state index in [1.54, 1.807) is 0 Å². The molecule has 2 heterocycles. The summed E-state index contributed by atoms with van der Waals surface area (Å²) in [5.41, 5.74) is 1.14. The molecule has 1 aromatic rings. The van der Waals surface area contributed by atoms with Crippen molar-refractivity contribution < 1.29 is 4.79 Å². The predicted molar refractivity (Wildman–Crippen MR) is 78.8 cm³/mol. The molecule has 102 valence electrons. The number of hydrogen-bond acceptors (Lipinski definition) is 2. The van der Waals surface area contributed by atoms with Crippen molar-refractivity contribution >= 4 is 21.8 Å². The molecule has 0 radical (unpaired) electrons. The number of nitrogens with one attached hydrogen (secondary N) is 2. The van der Waals surface area contributed by atoms with Gasteiger partial charge in [0.1, 0.15) is 0 Å². The first-order chi connectivity index (χ1) is 9.13. The molecule has 2 aliphatic rings. The van der Waals surface area contributed by atoms with Gasteiger partial charge in [0, 0.05) is 16.6 Å². The third-order valence-electron chi connectivity index (χ3n) is 4.34. The van der Waals surface area contributed by atoms with Gasteiger partial charge in [0.25, 0.3) is 0 Å². The van der Waals surface area contributed by atoms with Gasteiger partial charge in [-0.05, 0) is 43.9 Å². The van der Waals surface area contributed by atoms with Crippen molar-refractivity contribution in [1.29, 1.82) is 0 Å². The zero-order chi connectivity index (χ0) is 13.4. The summed E-state index contributed by atoms with van der Waals surface area (Å²) >= 11 is 3.47. The maximum atomic E-state index is 12.3. The highest BCUT2D eigenvalue weighted by Crippen LogP contribution is 2.33. The summed E-state index contributed by atoms with van der Waals surface area (Å²) in [7, 11) is 0. The maximum Gasteiger partial charge on any atom is 0.225 e. The molecule has 2 aliphatic heterocycles. The summed E-state index contributed by atoms with van der Waals surface area (Å²) in [6.45, 7) is 2.04. The predicted octanol–water partition coefficient (Wildman–Crippen LogP) is 2.77. The number of hydrogen-bond donors (Lipinski definition) is 2. The number of amides is 1. The summed E-state index contributed by atoms with van der Waals surface area (Å²) in [6, 6.07) is 9.14. The second-order valence-electron chi connectivity index (χ2n) is 5.67. The van der Waals surface area contributed by atoms with E-state index in [2.05, 4.69) is 38.7 Å². The third-order valence-corrected chi connectivity index (χ3v) is 4.84. The molecule has 4 atom stereocenters. The lowest BCUT2D eigenvalue weighted by molar-refractivity contribution is -0.126. The molecule has 3 nitrogen and oxygen atoms in total. The molecular weight excluding hydrogens is 304 g/mol. The van der Waals surface area contributed by atoms with E-state index in [0.717, 1.165) is 22.9 Å². The van der Waals surface area contributed by atoms with Crippen molar-refractivity contribution in [2.45, 2.75) is 44.3 Å². The van der Waals surface area contributed by atoms with Gasteiger partial charge in [0.05, 0.1) is 12.0 Å². The number of carbonyl (C=O) groups is 1. The smallest absolute Gasteiger partial charge is 0.225 e. The summed E-state index contributed by atoms with van der Waals surface area (Å²) in [4.78, 5) is 12.3. The molecule has 19 heavy (non-hydrogen) atoms. The molecule has 0 aromatic heterocycles. The fraction of sp³-hybridized carbons (Fsp3) is 0.533. The van der Waals surface area contributed by atoms with Crippen molar-refractivity contribution in [3.8, 4) is 0 Å². The summed E-state index contributed by atoms with van der Waals surface area (Å²) in [5.74, 6) is 0.362. The quantitative estimate of drug-likeness (QED) is 0.898. The molecular formula is C15H19BrN2O. The highest BCUT2D eigenvalue weighted by atomic mass is 79.9. The van der Waals surface area contributed by atoms with Crippen LogP contribution in [-0.4, -0.2) is 18.0 Å². The van der Waals surface area contributed by atoms with Gasteiger partial charge in [-0.1, -0.05) is 28.1 Å². The van der Waals surface area contributed by atoms with E-state index in [4.69, 9.17) is 0 Å². The number of benzene rings is 1. The molecule has 2 N–H and O–H groups in total. The first-order valence-corrected chi connectivity index (χ1v) is 7.74. The highest BCUT2D eigenvalue weighted by Gasteiger charge is 2.42. The Morgan fingerprint density at radius 3 is 2.95 bits per heavy atom. The maximum absolute atomic E-state index is 12.3. The largest absolute Gasteiger partial charge is 0.349 e. The van der Waals surface area contributed by atoms with E-state index >= 15 is 0 Å². The van der Waals surface area contributed by atoms with Crippen molar-refractivity contribution in [3.05, 3.63) is 34.3 Å². The average molecular weight is 323 g/mol. The average Bonchev–Trinajstić information content (AvgIpc) is 3.00. The summed E-state index contributed by atoms with van der Waals surface area (Å²) < 4.78 is 1.05. The fourth-order valence-corrected chi connectivity index (χ4v) is 3.71. The minimum Gasteiger partial charge on any atom is -0.349 e. The minimum atomic E-state index is 0.0594. The van der Waals surface area contributed by atoms with Gasteiger partial charge >= 0.3 is 0 Å². The van der Waals surface area contributed by atoms with Gasteiger partial charge in [0.2, 0.25) is 5.91 Å². The number of halogens is 1. The fourth-order valence-electron chi connectivity index (χ4n) is 3.29. The van der Waals surface area contributed by atoms with Crippen LogP contribution < -0.4 is 10.6 Å². The van der Waals surface area contributed by atoms with Crippen molar-refractivity contribution in [3.63, 3.8) is 0 Å². The van der Waals surface area contributed by atoms with Crippen LogP contribution in [0.3, 0.4) is 0 Å². The van der Waals surface area contributed by atoms with Crippen LogP contribution in [0.5, 0.6) is 0 Å². The van der Waals surface area contributed by atoms with Crippen LogP contribution in [0.1, 0.15) is 37.8 Å². The standard InChI is InChI=1S/C15H19BrN2O/c1-9(10-3-2-4-11(16)7-10)17-15(19)13-8-12-5-6-14(13)18-12/h2-4,7,9,12-14,18H,5-6,8H2,1H3,(H,17,19)/t9-,12?,13?,14?/m0/s1. The van der Waals surface area contributed by atoms with E-state index in [0.29, 0.717) is 12.1 Å². The first kappa shape index (κ1) is 13.1. The first-order valence-electron chi connectivity index (χ1n) is 6.95. The van der Waals surface area contributed by atoms with Crippen LogP contribution in [0.4, 0.5) is 0 Å². The molecule has 1 aromatic carbocycles. The monoisotopic (exact) mass is 322 g/mol. The van der Waals surface area contributed by atoms with Gasteiger partial charge in [-0.3, -0.25) is 4.79 Å². The van der Waals surface area contributed by atoms with Gasteiger partial charge in [-0.2, -0.15) is 0 Å². The summed E-state index contributed by atoms with van der Waals surface area (Å²) in [5, 5.41) is 6.66. The van der Waals surface area contributed by atoms with E-state index in [9.17, 15) is 4.79 Å². The van der Waals surface area contributed by atoms with Crippen molar-refractivity contribution in [2.24, 2.45) is 5.92 Å². The lowest BCUT2D eigenvalue weighted by Gasteiger charge is -2.22. The molecule has 2 fully saturated rings. The van der Waals surface area contributed by atoms with Crippen molar-refractivity contribution in [2.75, 3.05) is 0 Å². The molecule has 3 rings (SSSR count). The van der Waals surface area contributed by atoms with E-state index in [1.807, 2.05) is 19.1 Å². The van der Waals surface area contributed by atoms with Crippen LogP contribution in [0, 0.1) is 5.92 Å². The van der Waals surface area contributed by atoms with Crippen LogP contribution in [0.15, 0.2) is 28.7 Å². The molecule has 0 spiro atoms. The zero-order valence-corrected chi connectivity index (χ0v) is 12.6. The van der Waals surface area contributed by atoms with E-state index in [-0.39, 0.29) is 17.9 Å². The Bertz CT molecular complexity index is 491. The normalized spacial score (nSPS) is 30.3. The zero-order valence-electron chi connectivity index (χ0n) is 11.0. The molecule has 2 bridgehead atoms. The Labute approximate surface area is 122 Å². The Hall–Kier alpha value is -0.870. The molecule has 3 unspecified atom stereocenters. The lowest BCUT2D eigenvalue weighted by atomic mass is 9.88. The number of carbonyl (C=O) groups excluding carboxylic acids is 1. The lowest BCUT2D eigenvalue weighted by Crippen LogP contribution is -2.38. The highest BCUT2D eigenvalue weighted by molar-refractivity contribution is 9.10. The molecule has 0 aliphatic carbocycles. The second-order valence-corrected chi connectivity index (χ2v) is 6.59. The Balaban J connectivity index is 1.63. The Kier molecular flexibility index (Phi) is 3.63. The molecule has 1 amide bonds. The number of fused-ring (bicyclic) bond motifs is 2. The van der Waals surface area contributed by atoms with E-state index < -0.39 is 0 Å².